The minimum Gasteiger partial charge on any atom is -0.347 e. The Balaban J connectivity index is 1.73. The van der Waals surface area contributed by atoms with Crippen molar-refractivity contribution in [3.63, 3.8) is 0 Å². The van der Waals surface area contributed by atoms with E-state index in [1.165, 1.54) is 38.5 Å². The van der Waals surface area contributed by atoms with Gasteiger partial charge in [0, 0.05) is 11.8 Å². The Kier molecular flexibility index (Phi) is 3.11. The number of hydrogen-bond donors (Lipinski definition) is 0. The molecule has 3 atom stereocenters. The third-order valence-corrected chi connectivity index (χ3v) is 7.37. The molecule has 1 spiro atoms. The normalized spacial score (nSPS) is 44.0. The molecule has 0 aromatic heterocycles. The monoisotopic (exact) mass is 290 g/mol. The fourth-order valence-corrected chi connectivity index (χ4v) is 6.29. The molecule has 3 aliphatic carbocycles. The molecule has 2 nitrogen and oxygen atoms in total. The van der Waals surface area contributed by atoms with Crippen molar-refractivity contribution in [3.8, 4) is 0 Å². The van der Waals surface area contributed by atoms with Crippen LogP contribution in [0.1, 0.15) is 65.7 Å². The lowest BCUT2D eigenvalue weighted by atomic mass is 9.46. The minimum atomic E-state index is -0.306. The second-order valence-electron chi connectivity index (χ2n) is 8.51. The highest BCUT2D eigenvalue weighted by atomic mass is 16.7. The zero-order chi connectivity index (χ0) is 14.7. The summed E-state index contributed by atoms with van der Waals surface area (Å²) in [5, 5.41) is 0. The minimum absolute atomic E-state index is 0.111. The molecule has 3 unspecified atom stereocenters. The molecule has 2 saturated carbocycles. The molecule has 1 heterocycles. The molecule has 21 heavy (non-hydrogen) atoms. The van der Waals surface area contributed by atoms with Crippen molar-refractivity contribution in [2.24, 2.45) is 22.7 Å². The van der Waals surface area contributed by atoms with Crippen LogP contribution in [0.3, 0.4) is 0 Å². The summed E-state index contributed by atoms with van der Waals surface area (Å²) in [6, 6.07) is 0. The molecule has 0 amide bonds. The number of rotatable bonds is 0. The van der Waals surface area contributed by atoms with Crippen LogP contribution in [-0.2, 0) is 9.47 Å². The maximum Gasteiger partial charge on any atom is 0.173 e. The highest BCUT2D eigenvalue weighted by molar-refractivity contribution is 5.27. The molecule has 4 rings (SSSR count). The van der Waals surface area contributed by atoms with Gasteiger partial charge in [-0.25, -0.2) is 0 Å². The van der Waals surface area contributed by atoms with Crippen LogP contribution < -0.4 is 0 Å². The van der Waals surface area contributed by atoms with Crippen molar-refractivity contribution in [3.05, 3.63) is 11.6 Å². The largest absolute Gasteiger partial charge is 0.347 e. The summed E-state index contributed by atoms with van der Waals surface area (Å²) in [5.74, 6) is 1.26. The van der Waals surface area contributed by atoms with Gasteiger partial charge < -0.3 is 9.47 Å². The third-order valence-electron chi connectivity index (χ3n) is 7.37. The van der Waals surface area contributed by atoms with E-state index in [9.17, 15) is 0 Å². The van der Waals surface area contributed by atoms with Gasteiger partial charge in [-0.05, 0) is 55.8 Å². The zero-order valence-electron chi connectivity index (χ0n) is 13.9. The topological polar surface area (TPSA) is 18.5 Å². The second-order valence-corrected chi connectivity index (χ2v) is 8.51. The van der Waals surface area contributed by atoms with Gasteiger partial charge in [0.15, 0.2) is 5.79 Å². The van der Waals surface area contributed by atoms with Gasteiger partial charge in [0.05, 0.1) is 13.2 Å². The van der Waals surface area contributed by atoms with Crippen LogP contribution >= 0.6 is 0 Å². The molecule has 0 N–H and O–H groups in total. The predicted octanol–water partition coefficient (Wildman–Crippen LogP) is 4.69. The van der Waals surface area contributed by atoms with Crippen LogP contribution in [0, 0.1) is 22.7 Å². The lowest BCUT2D eigenvalue weighted by molar-refractivity contribution is -0.283. The molecule has 0 aromatic rings. The van der Waals surface area contributed by atoms with Gasteiger partial charge in [0.2, 0.25) is 0 Å². The van der Waals surface area contributed by atoms with E-state index in [2.05, 4.69) is 26.8 Å². The third kappa shape index (κ3) is 1.78. The second kappa shape index (κ2) is 4.58. The van der Waals surface area contributed by atoms with Crippen molar-refractivity contribution < 1.29 is 9.47 Å². The van der Waals surface area contributed by atoms with E-state index in [4.69, 9.17) is 9.47 Å². The van der Waals surface area contributed by atoms with Crippen molar-refractivity contribution in [1.82, 2.24) is 0 Å². The quantitative estimate of drug-likeness (QED) is 0.602. The highest BCUT2D eigenvalue weighted by Gasteiger charge is 2.63. The van der Waals surface area contributed by atoms with E-state index in [1.54, 1.807) is 5.57 Å². The Hall–Kier alpha value is -0.340. The molecular weight excluding hydrogens is 260 g/mol. The summed E-state index contributed by atoms with van der Waals surface area (Å²) in [6.45, 7) is 8.91. The first-order valence-electron chi connectivity index (χ1n) is 8.98. The van der Waals surface area contributed by atoms with Crippen LogP contribution in [0.4, 0.5) is 0 Å². The molecule has 2 heteroatoms. The van der Waals surface area contributed by atoms with E-state index >= 15 is 0 Å². The van der Waals surface area contributed by atoms with E-state index < -0.39 is 0 Å². The summed E-state index contributed by atoms with van der Waals surface area (Å²) in [4.78, 5) is 0. The average Bonchev–Trinajstić information content (AvgIpc) is 2.95. The van der Waals surface area contributed by atoms with Gasteiger partial charge in [0.1, 0.15) is 0 Å². The van der Waals surface area contributed by atoms with Crippen molar-refractivity contribution >= 4 is 0 Å². The maximum atomic E-state index is 6.19. The fourth-order valence-electron chi connectivity index (χ4n) is 6.29. The SMILES string of the molecule is CC12CCC3(OCCO3)C(C)(C)C1CCC1CCCC=C12. The number of ether oxygens (including phenoxy) is 2. The molecule has 1 saturated heterocycles. The van der Waals surface area contributed by atoms with Crippen molar-refractivity contribution in [2.45, 2.75) is 71.5 Å². The van der Waals surface area contributed by atoms with Crippen LogP contribution in [0.15, 0.2) is 11.6 Å². The van der Waals surface area contributed by atoms with Gasteiger partial charge in [0.25, 0.3) is 0 Å². The van der Waals surface area contributed by atoms with Crippen LogP contribution in [0.25, 0.3) is 0 Å². The standard InChI is InChI=1S/C19H30O2/c1-17(2)16-9-8-14-6-4-5-7-15(14)18(16,3)10-11-19(17)20-12-13-21-19/h7,14,16H,4-6,8-13H2,1-3H3. The lowest BCUT2D eigenvalue weighted by Crippen LogP contribution is -2.60. The van der Waals surface area contributed by atoms with E-state index in [-0.39, 0.29) is 11.2 Å². The van der Waals surface area contributed by atoms with Crippen LogP contribution in [0.5, 0.6) is 0 Å². The highest BCUT2D eigenvalue weighted by Crippen LogP contribution is 2.66. The Morgan fingerprint density at radius 3 is 2.52 bits per heavy atom. The molecule has 0 radical (unpaired) electrons. The van der Waals surface area contributed by atoms with Crippen LogP contribution in [0.2, 0.25) is 0 Å². The Morgan fingerprint density at radius 2 is 1.76 bits per heavy atom. The van der Waals surface area contributed by atoms with E-state index in [0.717, 1.165) is 25.6 Å². The van der Waals surface area contributed by atoms with E-state index in [0.29, 0.717) is 11.3 Å². The summed E-state index contributed by atoms with van der Waals surface area (Å²) in [6.07, 6.45) is 11.8. The number of hydrogen-bond acceptors (Lipinski definition) is 2. The van der Waals surface area contributed by atoms with Gasteiger partial charge in [-0.2, -0.15) is 0 Å². The Labute approximate surface area is 129 Å². The molecule has 4 aliphatic rings. The molecule has 0 bridgehead atoms. The number of allylic oxidation sites excluding steroid dienone is 2. The van der Waals surface area contributed by atoms with Gasteiger partial charge >= 0.3 is 0 Å². The average molecular weight is 290 g/mol. The van der Waals surface area contributed by atoms with Gasteiger partial charge in [-0.15, -0.1) is 0 Å². The van der Waals surface area contributed by atoms with Crippen molar-refractivity contribution in [2.75, 3.05) is 13.2 Å². The van der Waals surface area contributed by atoms with Gasteiger partial charge in [-0.3, -0.25) is 0 Å². The van der Waals surface area contributed by atoms with E-state index in [1.807, 2.05) is 0 Å². The smallest absolute Gasteiger partial charge is 0.173 e. The summed E-state index contributed by atoms with van der Waals surface area (Å²) >= 11 is 0. The van der Waals surface area contributed by atoms with Crippen LogP contribution in [-0.4, -0.2) is 19.0 Å². The summed E-state index contributed by atoms with van der Waals surface area (Å²) < 4.78 is 12.4. The first-order chi connectivity index (χ1) is 10.00. The maximum absolute atomic E-state index is 6.19. The molecule has 118 valence electrons. The summed E-state index contributed by atoms with van der Waals surface area (Å²) in [5.41, 5.74) is 2.29. The fraction of sp³-hybridized carbons (Fsp3) is 0.895. The molecule has 3 fully saturated rings. The Morgan fingerprint density at radius 1 is 1.00 bits per heavy atom. The van der Waals surface area contributed by atoms with Gasteiger partial charge in [-0.1, -0.05) is 32.4 Å². The molecule has 1 aliphatic heterocycles. The Bertz CT molecular complexity index is 458. The zero-order valence-corrected chi connectivity index (χ0v) is 13.9. The first kappa shape index (κ1) is 14.3. The predicted molar refractivity (Wildman–Crippen MR) is 83.9 cm³/mol. The summed E-state index contributed by atoms with van der Waals surface area (Å²) in [7, 11) is 0. The number of fused-ring (bicyclic) bond motifs is 3. The first-order valence-corrected chi connectivity index (χ1v) is 8.98. The lowest BCUT2D eigenvalue weighted by Gasteiger charge is -2.62. The van der Waals surface area contributed by atoms with Crippen molar-refractivity contribution in [1.29, 1.82) is 0 Å². The molecule has 0 aromatic carbocycles. The molecular formula is C19H30O2.